The van der Waals surface area contributed by atoms with Crippen LogP contribution in [0.5, 0.6) is 0 Å². The van der Waals surface area contributed by atoms with Gasteiger partial charge in [-0.1, -0.05) is 40.2 Å². The average Bonchev–Trinajstić information content (AvgIpc) is 3.33. The Morgan fingerprint density at radius 2 is 1.88 bits per heavy atom. The predicted octanol–water partition coefficient (Wildman–Crippen LogP) is 4.89. The number of carbonyl (C=O) groups excluding carboxylic acids is 1. The number of amides is 1. The first kappa shape index (κ1) is 17.0. The molecule has 2 aromatic carbocycles. The molecule has 0 spiro atoms. The molecule has 0 bridgehead atoms. The summed E-state index contributed by atoms with van der Waals surface area (Å²) in [5.41, 5.74) is 0.852. The summed E-state index contributed by atoms with van der Waals surface area (Å²) >= 11 is 3.37. The molecule has 0 aliphatic heterocycles. The molecule has 2 aromatic rings. The molecule has 1 N–H and O–H groups in total. The van der Waals surface area contributed by atoms with Crippen LogP contribution in [-0.4, -0.2) is 5.91 Å². The van der Waals surface area contributed by atoms with Crippen molar-refractivity contribution >= 4 is 21.8 Å². The average molecular weight is 398 g/mol. The van der Waals surface area contributed by atoms with Crippen molar-refractivity contribution in [1.29, 1.82) is 0 Å². The SMILES string of the molecule is O=C(NCc1cccc(C(F)(F)F)c1)C1CC1c1ccc(Br)cc1. The Morgan fingerprint density at radius 1 is 1.17 bits per heavy atom. The monoisotopic (exact) mass is 397 g/mol. The molecule has 24 heavy (non-hydrogen) atoms. The Morgan fingerprint density at radius 3 is 2.54 bits per heavy atom. The second kappa shape index (κ2) is 6.59. The smallest absolute Gasteiger partial charge is 0.352 e. The normalized spacial score (nSPS) is 19.8. The maximum Gasteiger partial charge on any atom is 0.416 e. The summed E-state index contributed by atoms with van der Waals surface area (Å²) in [5.74, 6) is -0.0167. The lowest BCUT2D eigenvalue weighted by Gasteiger charge is -2.09. The number of alkyl halides is 3. The van der Waals surface area contributed by atoms with Crippen LogP contribution in [0.25, 0.3) is 0 Å². The molecule has 1 aliphatic carbocycles. The van der Waals surface area contributed by atoms with Crippen LogP contribution >= 0.6 is 15.9 Å². The minimum atomic E-state index is -4.37. The zero-order chi connectivity index (χ0) is 17.3. The zero-order valence-corrected chi connectivity index (χ0v) is 14.2. The third kappa shape index (κ3) is 3.98. The first-order valence-corrected chi connectivity index (χ1v) is 8.33. The molecule has 0 radical (unpaired) electrons. The molecule has 126 valence electrons. The molecule has 1 saturated carbocycles. The summed E-state index contributed by atoms with van der Waals surface area (Å²) in [4.78, 5) is 12.2. The maximum atomic E-state index is 12.7. The fourth-order valence-corrected chi connectivity index (χ4v) is 3.01. The van der Waals surface area contributed by atoms with E-state index in [0.717, 1.165) is 28.6 Å². The maximum absolute atomic E-state index is 12.7. The third-order valence-corrected chi connectivity index (χ3v) is 4.68. The van der Waals surface area contributed by atoms with Crippen LogP contribution in [0.4, 0.5) is 13.2 Å². The van der Waals surface area contributed by atoms with Crippen LogP contribution in [0.1, 0.15) is 29.0 Å². The van der Waals surface area contributed by atoms with Crippen LogP contribution in [-0.2, 0) is 17.5 Å². The van der Waals surface area contributed by atoms with Crippen molar-refractivity contribution < 1.29 is 18.0 Å². The molecule has 1 aliphatic rings. The molecule has 2 nitrogen and oxygen atoms in total. The van der Waals surface area contributed by atoms with Crippen molar-refractivity contribution in [2.24, 2.45) is 5.92 Å². The highest BCUT2D eigenvalue weighted by Crippen LogP contribution is 2.47. The summed E-state index contributed by atoms with van der Waals surface area (Å²) in [6, 6.07) is 12.9. The first-order valence-electron chi connectivity index (χ1n) is 7.54. The highest BCUT2D eigenvalue weighted by molar-refractivity contribution is 9.10. The summed E-state index contributed by atoms with van der Waals surface area (Å²) in [7, 11) is 0. The number of halogens is 4. The van der Waals surface area contributed by atoms with Crippen molar-refractivity contribution in [3.05, 3.63) is 69.7 Å². The van der Waals surface area contributed by atoms with Gasteiger partial charge in [-0.15, -0.1) is 0 Å². The molecular formula is C18H15BrF3NO. The molecule has 2 atom stereocenters. The van der Waals surface area contributed by atoms with Crippen LogP contribution in [0.2, 0.25) is 0 Å². The van der Waals surface area contributed by atoms with Gasteiger partial charge < -0.3 is 5.32 Å². The van der Waals surface area contributed by atoms with Crippen molar-refractivity contribution in [1.82, 2.24) is 5.32 Å². The van der Waals surface area contributed by atoms with Gasteiger partial charge in [-0.25, -0.2) is 0 Å². The fourth-order valence-electron chi connectivity index (χ4n) is 2.74. The van der Waals surface area contributed by atoms with E-state index in [9.17, 15) is 18.0 Å². The van der Waals surface area contributed by atoms with E-state index in [1.807, 2.05) is 24.3 Å². The number of nitrogens with one attached hydrogen (secondary N) is 1. The predicted molar refractivity (Wildman–Crippen MR) is 88.3 cm³/mol. The summed E-state index contributed by atoms with van der Waals surface area (Å²) < 4.78 is 39.0. The number of rotatable bonds is 4. The number of carbonyl (C=O) groups is 1. The van der Waals surface area contributed by atoms with Gasteiger partial charge in [0.1, 0.15) is 0 Å². The molecule has 2 unspecified atom stereocenters. The van der Waals surface area contributed by atoms with Gasteiger partial charge in [0.15, 0.2) is 0 Å². The molecule has 0 aromatic heterocycles. The molecule has 3 rings (SSSR count). The van der Waals surface area contributed by atoms with Gasteiger partial charge in [0.05, 0.1) is 5.56 Å². The van der Waals surface area contributed by atoms with Gasteiger partial charge in [-0.05, 0) is 47.7 Å². The Bertz CT molecular complexity index is 743. The van der Waals surface area contributed by atoms with E-state index in [1.165, 1.54) is 6.07 Å². The van der Waals surface area contributed by atoms with Gasteiger partial charge in [0.25, 0.3) is 0 Å². The van der Waals surface area contributed by atoms with Crippen LogP contribution < -0.4 is 5.32 Å². The zero-order valence-electron chi connectivity index (χ0n) is 12.6. The summed E-state index contributed by atoms with van der Waals surface area (Å²) in [6.45, 7) is 0.103. The van der Waals surface area contributed by atoms with Crippen LogP contribution in [0, 0.1) is 5.92 Å². The van der Waals surface area contributed by atoms with Crippen molar-refractivity contribution in [2.75, 3.05) is 0 Å². The molecular weight excluding hydrogens is 383 g/mol. The molecule has 0 saturated heterocycles. The molecule has 1 amide bonds. The lowest BCUT2D eigenvalue weighted by atomic mass is 10.1. The largest absolute Gasteiger partial charge is 0.416 e. The van der Waals surface area contributed by atoms with E-state index in [2.05, 4.69) is 21.2 Å². The Balaban J connectivity index is 1.56. The Kier molecular flexibility index (Phi) is 4.67. The number of benzene rings is 2. The topological polar surface area (TPSA) is 29.1 Å². The van der Waals surface area contributed by atoms with E-state index in [4.69, 9.17) is 0 Å². The van der Waals surface area contributed by atoms with Crippen molar-refractivity contribution in [2.45, 2.75) is 25.1 Å². The lowest BCUT2D eigenvalue weighted by molar-refractivity contribution is -0.137. The molecule has 6 heteroatoms. The summed E-state index contributed by atoms with van der Waals surface area (Å²) in [5, 5.41) is 2.74. The highest BCUT2D eigenvalue weighted by Gasteiger charge is 2.43. The minimum absolute atomic E-state index is 0.100. The van der Waals surface area contributed by atoms with Crippen molar-refractivity contribution in [3.63, 3.8) is 0 Å². The highest BCUT2D eigenvalue weighted by atomic mass is 79.9. The van der Waals surface area contributed by atoms with E-state index in [0.29, 0.717) is 5.56 Å². The van der Waals surface area contributed by atoms with E-state index in [1.54, 1.807) is 6.07 Å². The van der Waals surface area contributed by atoms with E-state index in [-0.39, 0.29) is 24.3 Å². The van der Waals surface area contributed by atoms with Crippen LogP contribution in [0.15, 0.2) is 53.0 Å². The van der Waals surface area contributed by atoms with E-state index >= 15 is 0 Å². The Hall–Kier alpha value is -1.82. The minimum Gasteiger partial charge on any atom is -0.352 e. The molecule has 0 heterocycles. The third-order valence-electron chi connectivity index (χ3n) is 4.15. The van der Waals surface area contributed by atoms with Gasteiger partial charge in [0, 0.05) is 16.9 Å². The van der Waals surface area contributed by atoms with Crippen molar-refractivity contribution in [3.8, 4) is 0 Å². The number of hydrogen-bond donors (Lipinski definition) is 1. The van der Waals surface area contributed by atoms with E-state index < -0.39 is 11.7 Å². The second-order valence-electron chi connectivity index (χ2n) is 5.92. The van der Waals surface area contributed by atoms with Crippen LogP contribution in [0.3, 0.4) is 0 Å². The fraction of sp³-hybridized carbons (Fsp3) is 0.278. The Labute approximate surface area is 146 Å². The standard InChI is InChI=1S/C18H15BrF3NO/c19-14-6-4-12(5-7-14)15-9-16(15)17(24)23-10-11-2-1-3-13(8-11)18(20,21)22/h1-8,15-16H,9-10H2,(H,23,24). The van der Waals surface area contributed by atoms with Gasteiger partial charge in [-0.3, -0.25) is 4.79 Å². The first-order chi connectivity index (χ1) is 11.3. The quantitative estimate of drug-likeness (QED) is 0.781. The van der Waals surface area contributed by atoms with Gasteiger partial charge in [-0.2, -0.15) is 13.2 Å². The molecule has 1 fully saturated rings. The number of hydrogen-bond acceptors (Lipinski definition) is 1. The summed E-state index contributed by atoms with van der Waals surface area (Å²) in [6.07, 6.45) is -3.60. The van der Waals surface area contributed by atoms with Gasteiger partial charge >= 0.3 is 6.18 Å². The van der Waals surface area contributed by atoms with Gasteiger partial charge in [0.2, 0.25) is 5.91 Å². The lowest BCUT2D eigenvalue weighted by Crippen LogP contribution is -2.25. The second-order valence-corrected chi connectivity index (χ2v) is 6.83.